The van der Waals surface area contributed by atoms with E-state index >= 15 is 0 Å². The van der Waals surface area contributed by atoms with E-state index in [9.17, 15) is 8.78 Å². The lowest BCUT2D eigenvalue weighted by molar-refractivity contribution is 0.456. The Hall–Kier alpha value is -1.65. The third-order valence-electron chi connectivity index (χ3n) is 5.73. The molecule has 2 bridgehead atoms. The minimum absolute atomic E-state index is 0.196. The Morgan fingerprint density at radius 1 is 1.15 bits per heavy atom. The van der Waals surface area contributed by atoms with Crippen molar-refractivity contribution in [2.45, 2.75) is 25.3 Å². The van der Waals surface area contributed by atoms with Gasteiger partial charge in [-0.3, -0.25) is 0 Å². The summed E-state index contributed by atoms with van der Waals surface area (Å²) in [5.74, 6) is 2.00. The lowest BCUT2D eigenvalue weighted by Gasteiger charge is -2.12. The maximum absolute atomic E-state index is 13.8. The molecule has 5 heteroatoms. The molecule has 1 heterocycles. The molecule has 0 amide bonds. The lowest BCUT2D eigenvalue weighted by Crippen LogP contribution is -2.08. The number of fused-ring (bicyclic) bond motifs is 6. The van der Waals surface area contributed by atoms with Crippen LogP contribution in [0.5, 0.6) is 0 Å². The number of nitrogen functional groups attached to an aromatic ring is 1. The van der Waals surface area contributed by atoms with Crippen LogP contribution in [0.3, 0.4) is 0 Å². The van der Waals surface area contributed by atoms with Gasteiger partial charge < -0.3 is 10.3 Å². The van der Waals surface area contributed by atoms with E-state index in [0.717, 1.165) is 17.9 Å². The van der Waals surface area contributed by atoms with Crippen LogP contribution in [0.15, 0.2) is 12.1 Å². The molecule has 2 N–H and O–H groups in total. The number of hydrogen-bond acceptors (Lipinski definition) is 2. The number of nitrogens with zero attached hydrogens (tertiary/aromatic N) is 2. The first-order valence-corrected chi connectivity index (χ1v) is 7.27. The second kappa shape index (κ2) is 3.32. The maximum atomic E-state index is 13.8. The van der Waals surface area contributed by atoms with Crippen molar-refractivity contribution in [1.29, 1.82) is 0 Å². The van der Waals surface area contributed by atoms with Crippen LogP contribution in [0.1, 0.15) is 25.3 Å². The predicted molar refractivity (Wildman–Crippen MR) is 70.9 cm³/mol. The predicted octanol–water partition coefficient (Wildman–Crippen LogP) is 3.11. The van der Waals surface area contributed by atoms with E-state index in [-0.39, 0.29) is 5.52 Å². The van der Waals surface area contributed by atoms with Gasteiger partial charge in [0.25, 0.3) is 0 Å². The zero-order valence-electron chi connectivity index (χ0n) is 10.9. The Kier molecular flexibility index (Phi) is 1.84. The summed E-state index contributed by atoms with van der Waals surface area (Å²) in [6.07, 6.45) is 3.94. The van der Waals surface area contributed by atoms with Crippen molar-refractivity contribution in [3.05, 3.63) is 23.8 Å². The third kappa shape index (κ3) is 1.17. The number of hydrogen-bond donors (Lipinski definition) is 1. The molecule has 104 valence electrons. The molecule has 3 saturated carbocycles. The fourth-order valence-electron chi connectivity index (χ4n) is 5.08. The molecular weight excluding hydrogens is 260 g/mol. The molecule has 1 aromatic carbocycles. The van der Waals surface area contributed by atoms with Gasteiger partial charge in [-0.1, -0.05) is 0 Å². The van der Waals surface area contributed by atoms with Crippen molar-refractivity contribution in [2.75, 3.05) is 5.73 Å². The number of benzene rings is 1. The molecule has 3 fully saturated rings. The SMILES string of the molecule is Nc1nc2c(F)cc(F)cc2n1C1C2C3CCC(C3)C21. The Bertz CT molecular complexity index is 722. The van der Waals surface area contributed by atoms with Crippen LogP contribution >= 0.6 is 0 Å². The van der Waals surface area contributed by atoms with Crippen LogP contribution in [0.2, 0.25) is 0 Å². The number of anilines is 1. The van der Waals surface area contributed by atoms with Crippen molar-refractivity contribution >= 4 is 17.0 Å². The van der Waals surface area contributed by atoms with Crippen molar-refractivity contribution in [2.24, 2.45) is 23.7 Å². The highest BCUT2D eigenvalue weighted by atomic mass is 19.1. The molecular formula is C15H15F2N3. The van der Waals surface area contributed by atoms with Crippen molar-refractivity contribution in [3.8, 4) is 0 Å². The molecule has 0 spiro atoms. The highest BCUT2D eigenvalue weighted by molar-refractivity contribution is 5.79. The quantitative estimate of drug-likeness (QED) is 0.869. The minimum Gasteiger partial charge on any atom is -0.369 e. The van der Waals surface area contributed by atoms with E-state index in [1.807, 2.05) is 4.57 Å². The number of imidazole rings is 1. The largest absolute Gasteiger partial charge is 0.369 e. The van der Waals surface area contributed by atoms with Gasteiger partial charge in [0.2, 0.25) is 5.95 Å². The highest BCUT2D eigenvalue weighted by Gasteiger charge is 2.66. The Labute approximate surface area is 114 Å². The van der Waals surface area contributed by atoms with E-state index in [4.69, 9.17) is 5.73 Å². The van der Waals surface area contributed by atoms with Crippen molar-refractivity contribution in [3.63, 3.8) is 0 Å². The average molecular weight is 275 g/mol. The van der Waals surface area contributed by atoms with Crippen LogP contribution in [0.4, 0.5) is 14.7 Å². The second-order valence-electron chi connectivity index (χ2n) is 6.57. The minimum atomic E-state index is -0.626. The van der Waals surface area contributed by atoms with Gasteiger partial charge in [-0.15, -0.1) is 0 Å². The van der Waals surface area contributed by atoms with Crippen molar-refractivity contribution in [1.82, 2.24) is 9.55 Å². The van der Waals surface area contributed by atoms with Gasteiger partial charge in [-0.05, 0) is 42.9 Å². The number of nitrogens with two attached hydrogens (primary N) is 1. The molecule has 3 nitrogen and oxygen atoms in total. The van der Waals surface area contributed by atoms with E-state index in [0.29, 0.717) is 29.3 Å². The van der Waals surface area contributed by atoms with Crippen molar-refractivity contribution < 1.29 is 8.78 Å². The molecule has 1 aromatic heterocycles. The van der Waals surface area contributed by atoms with Gasteiger partial charge in [0.1, 0.15) is 11.3 Å². The molecule has 3 aliphatic rings. The standard InChI is InChI=1S/C15H15F2N3/c16-8-4-9(17)13-10(5-8)20(15(18)19-13)14-11-6-1-2-7(3-6)12(11)14/h4-7,11-12,14H,1-3H2,(H2,18,19). The fraction of sp³-hybridized carbons (Fsp3) is 0.533. The molecule has 20 heavy (non-hydrogen) atoms. The maximum Gasteiger partial charge on any atom is 0.201 e. The molecule has 0 saturated heterocycles. The normalized spacial score (nSPS) is 37.6. The first-order valence-electron chi connectivity index (χ1n) is 7.27. The topological polar surface area (TPSA) is 43.8 Å². The summed E-state index contributed by atoms with van der Waals surface area (Å²) in [6, 6.07) is 2.54. The number of halogens is 2. The highest BCUT2D eigenvalue weighted by Crippen LogP contribution is 2.72. The Morgan fingerprint density at radius 3 is 2.55 bits per heavy atom. The average Bonchev–Trinajstić information content (AvgIpc) is 2.75. The Balaban J connectivity index is 1.68. The fourth-order valence-corrected chi connectivity index (χ4v) is 5.08. The van der Waals surface area contributed by atoms with Gasteiger partial charge in [-0.25, -0.2) is 13.8 Å². The van der Waals surface area contributed by atoms with E-state index < -0.39 is 11.6 Å². The zero-order valence-corrected chi connectivity index (χ0v) is 10.9. The first kappa shape index (κ1) is 11.1. The van der Waals surface area contributed by atoms with Gasteiger partial charge >= 0.3 is 0 Å². The summed E-state index contributed by atoms with van der Waals surface area (Å²) in [7, 11) is 0. The summed E-state index contributed by atoms with van der Waals surface area (Å²) >= 11 is 0. The zero-order chi connectivity index (χ0) is 13.6. The van der Waals surface area contributed by atoms with Gasteiger partial charge in [0, 0.05) is 18.2 Å². The molecule has 5 rings (SSSR count). The number of rotatable bonds is 1. The number of aromatic nitrogens is 2. The molecule has 4 atom stereocenters. The van der Waals surface area contributed by atoms with E-state index in [1.54, 1.807) is 0 Å². The van der Waals surface area contributed by atoms with Gasteiger partial charge in [-0.2, -0.15) is 0 Å². The molecule has 0 radical (unpaired) electrons. The summed E-state index contributed by atoms with van der Waals surface area (Å²) in [4.78, 5) is 4.11. The second-order valence-corrected chi connectivity index (χ2v) is 6.57. The first-order chi connectivity index (χ1) is 9.65. The van der Waals surface area contributed by atoms with Crippen LogP contribution in [-0.4, -0.2) is 9.55 Å². The van der Waals surface area contributed by atoms with Crippen LogP contribution in [0.25, 0.3) is 11.0 Å². The monoisotopic (exact) mass is 275 g/mol. The Morgan fingerprint density at radius 2 is 1.85 bits per heavy atom. The molecule has 4 unspecified atom stereocenters. The molecule has 0 aliphatic heterocycles. The summed E-state index contributed by atoms with van der Waals surface area (Å²) < 4.78 is 29.2. The van der Waals surface area contributed by atoms with Crippen LogP contribution in [-0.2, 0) is 0 Å². The smallest absolute Gasteiger partial charge is 0.201 e. The summed E-state index contributed by atoms with van der Waals surface area (Å²) in [5.41, 5.74) is 6.70. The third-order valence-corrected chi connectivity index (χ3v) is 5.73. The summed E-state index contributed by atoms with van der Waals surface area (Å²) in [5, 5.41) is 0. The summed E-state index contributed by atoms with van der Waals surface area (Å²) in [6.45, 7) is 0. The van der Waals surface area contributed by atoms with Crippen LogP contribution < -0.4 is 5.73 Å². The van der Waals surface area contributed by atoms with E-state index in [2.05, 4.69) is 4.98 Å². The van der Waals surface area contributed by atoms with Gasteiger partial charge in [0.15, 0.2) is 5.82 Å². The van der Waals surface area contributed by atoms with E-state index in [1.165, 1.54) is 25.3 Å². The molecule has 2 aromatic rings. The van der Waals surface area contributed by atoms with Crippen LogP contribution in [0, 0.1) is 35.3 Å². The van der Waals surface area contributed by atoms with Gasteiger partial charge in [0.05, 0.1) is 5.52 Å². The molecule has 3 aliphatic carbocycles. The lowest BCUT2D eigenvalue weighted by atomic mass is 10.0.